The van der Waals surface area contributed by atoms with Crippen molar-refractivity contribution in [2.75, 3.05) is 24.7 Å². The van der Waals surface area contributed by atoms with Crippen LogP contribution in [0.15, 0.2) is 54.7 Å². The molecule has 0 unspecified atom stereocenters. The van der Waals surface area contributed by atoms with E-state index < -0.39 is 0 Å². The average molecular weight is 310 g/mol. The third kappa shape index (κ3) is 4.96. The average Bonchev–Trinajstić information content (AvgIpc) is 2.55. The molecule has 1 aromatic carbocycles. The fraction of sp³-hybridized carbons (Fsp3) is 0.118. The minimum atomic E-state index is -0.304. The van der Waals surface area contributed by atoms with Crippen molar-refractivity contribution in [3.8, 4) is 0 Å². The molecule has 2 aromatic rings. The Morgan fingerprint density at radius 2 is 1.65 bits per heavy atom. The van der Waals surface area contributed by atoms with Gasteiger partial charge in [-0.1, -0.05) is 18.2 Å². The van der Waals surface area contributed by atoms with Gasteiger partial charge in [0.05, 0.1) is 17.1 Å². The predicted molar refractivity (Wildman–Crippen MR) is 91.0 cm³/mol. The lowest BCUT2D eigenvalue weighted by atomic mass is 10.2. The molecule has 0 radical (unpaired) electrons. The zero-order chi connectivity index (χ0) is 16.7. The first kappa shape index (κ1) is 16.2. The number of hydrogen-bond acceptors (Lipinski definition) is 3. The van der Waals surface area contributed by atoms with E-state index in [-0.39, 0.29) is 11.9 Å². The Morgan fingerprint density at radius 1 is 1.00 bits per heavy atom. The van der Waals surface area contributed by atoms with Gasteiger partial charge in [-0.15, -0.1) is 0 Å². The fourth-order valence-corrected chi connectivity index (χ4v) is 1.74. The molecule has 6 heteroatoms. The maximum Gasteiger partial charge on any atom is 0.321 e. The van der Waals surface area contributed by atoms with Crippen LogP contribution >= 0.6 is 0 Å². The van der Waals surface area contributed by atoms with E-state index in [1.165, 1.54) is 11.0 Å². The molecule has 2 rings (SSSR count). The number of aromatic nitrogens is 1. The van der Waals surface area contributed by atoms with E-state index in [0.29, 0.717) is 17.1 Å². The second kappa shape index (κ2) is 7.74. The van der Waals surface area contributed by atoms with Crippen molar-refractivity contribution < 1.29 is 9.59 Å². The van der Waals surface area contributed by atoms with Crippen molar-refractivity contribution in [2.24, 2.45) is 0 Å². The van der Waals surface area contributed by atoms with E-state index >= 15 is 0 Å². The van der Waals surface area contributed by atoms with Crippen LogP contribution in [0.4, 0.5) is 16.2 Å². The molecule has 3 amide bonds. The number of pyridine rings is 1. The lowest BCUT2D eigenvalue weighted by Gasteiger charge is -2.15. The molecule has 6 nitrogen and oxygen atoms in total. The van der Waals surface area contributed by atoms with Gasteiger partial charge in [0.15, 0.2) is 0 Å². The van der Waals surface area contributed by atoms with Crippen LogP contribution in [0.5, 0.6) is 0 Å². The second-order valence-electron chi connectivity index (χ2n) is 4.95. The van der Waals surface area contributed by atoms with Crippen LogP contribution in [0, 0.1) is 0 Å². The number of nitrogens with zero attached hydrogens (tertiary/aromatic N) is 2. The molecule has 0 saturated heterocycles. The van der Waals surface area contributed by atoms with Crippen molar-refractivity contribution in [1.82, 2.24) is 9.88 Å². The van der Waals surface area contributed by atoms with Crippen molar-refractivity contribution in [1.29, 1.82) is 0 Å². The molecule has 1 heterocycles. The van der Waals surface area contributed by atoms with E-state index in [0.717, 1.165) is 0 Å². The first-order chi connectivity index (χ1) is 11.1. The summed E-state index contributed by atoms with van der Waals surface area (Å²) in [6, 6.07) is 12.2. The number of hydrogen-bond donors (Lipinski definition) is 2. The zero-order valence-corrected chi connectivity index (χ0v) is 13.0. The van der Waals surface area contributed by atoms with Gasteiger partial charge in [0.25, 0.3) is 0 Å². The largest absolute Gasteiger partial charge is 0.331 e. The highest BCUT2D eigenvalue weighted by molar-refractivity contribution is 6.05. The third-order valence-corrected chi connectivity index (χ3v) is 2.93. The quantitative estimate of drug-likeness (QED) is 0.853. The lowest BCUT2D eigenvalue weighted by molar-refractivity contribution is -0.111. The summed E-state index contributed by atoms with van der Waals surface area (Å²) in [5.74, 6) is -0.304. The fourth-order valence-electron chi connectivity index (χ4n) is 1.74. The number of anilines is 2. The molecule has 0 spiro atoms. The van der Waals surface area contributed by atoms with Crippen LogP contribution in [0.1, 0.15) is 5.69 Å². The normalized spacial score (nSPS) is 10.3. The predicted octanol–water partition coefficient (Wildman–Crippen LogP) is 2.83. The van der Waals surface area contributed by atoms with Crippen LogP contribution in [-0.2, 0) is 4.79 Å². The molecule has 0 aliphatic rings. The van der Waals surface area contributed by atoms with Crippen LogP contribution in [0.3, 0.4) is 0 Å². The summed E-state index contributed by atoms with van der Waals surface area (Å²) in [5, 5.41) is 5.46. The minimum Gasteiger partial charge on any atom is -0.331 e. The molecule has 0 saturated carbocycles. The van der Waals surface area contributed by atoms with Crippen molar-refractivity contribution in [3.63, 3.8) is 0 Å². The van der Waals surface area contributed by atoms with Crippen molar-refractivity contribution in [2.45, 2.75) is 0 Å². The van der Waals surface area contributed by atoms with E-state index in [1.54, 1.807) is 62.8 Å². The number of urea groups is 1. The summed E-state index contributed by atoms with van der Waals surface area (Å²) in [6.45, 7) is 0. The maximum absolute atomic E-state index is 12.0. The molecule has 2 N–H and O–H groups in total. The number of amides is 3. The molecule has 0 aliphatic carbocycles. The van der Waals surface area contributed by atoms with E-state index in [1.807, 2.05) is 6.07 Å². The Kier molecular flexibility index (Phi) is 5.46. The summed E-state index contributed by atoms with van der Waals surface area (Å²) in [6.07, 6.45) is 4.67. The van der Waals surface area contributed by atoms with Crippen molar-refractivity contribution in [3.05, 3.63) is 60.4 Å². The lowest BCUT2D eigenvalue weighted by Crippen LogP contribution is -2.27. The number of benzene rings is 1. The third-order valence-electron chi connectivity index (χ3n) is 2.93. The van der Waals surface area contributed by atoms with Gasteiger partial charge in [-0.05, 0) is 30.3 Å². The highest BCUT2D eigenvalue weighted by atomic mass is 16.2. The minimum absolute atomic E-state index is 0.268. The Bertz CT molecular complexity index is 712. The smallest absolute Gasteiger partial charge is 0.321 e. The molecule has 23 heavy (non-hydrogen) atoms. The SMILES string of the molecule is CN(C)C(=O)Nc1ccccc1NC(=O)/C=C\c1ccccn1. The number of carbonyl (C=O) groups excluding carboxylic acids is 2. The van der Waals surface area contributed by atoms with Crippen molar-refractivity contribution >= 4 is 29.4 Å². The van der Waals surface area contributed by atoms with Gasteiger partial charge in [-0.25, -0.2) is 4.79 Å². The van der Waals surface area contributed by atoms with Crippen LogP contribution in [0.25, 0.3) is 6.08 Å². The second-order valence-corrected chi connectivity index (χ2v) is 4.95. The highest BCUT2D eigenvalue weighted by Gasteiger charge is 2.09. The number of nitrogens with one attached hydrogen (secondary N) is 2. The number of rotatable bonds is 4. The van der Waals surface area contributed by atoms with Gasteiger partial charge in [-0.3, -0.25) is 9.78 Å². The standard InChI is InChI=1S/C17H18N4O2/c1-21(2)17(23)20-15-9-4-3-8-14(15)19-16(22)11-10-13-7-5-6-12-18-13/h3-12H,1-2H3,(H,19,22)(H,20,23)/b11-10-. The van der Waals surface area contributed by atoms with Gasteiger partial charge in [-0.2, -0.15) is 0 Å². The molecular weight excluding hydrogens is 292 g/mol. The molecule has 118 valence electrons. The van der Waals surface area contributed by atoms with Gasteiger partial charge >= 0.3 is 6.03 Å². The van der Waals surface area contributed by atoms with Gasteiger partial charge < -0.3 is 15.5 Å². The monoisotopic (exact) mass is 310 g/mol. The zero-order valence-electron chi connectivity index (χ0n) is 13.0. The molecule has 0 bridgehead atoms. The summed E-state index contributed by atoms with van der Waals surface area (Å²) in [7, 11) is 3.29. The molecule has 0 aliphatic heterocycles. The van der Waals surface area contributed by atoms with Gasteiger partial charge in [0, 0.05) is 26.4 Å². The topological polar surface area (TPSA) is 74.3 Å². The molecule has 0 atom stereocenters. The Morgan fingerprint density at radius 3 is 2.26 bits per heavy atom. The number of para-hydroxylation sites is 2. The first-order valence-electron chi connectivity index (χ1n) is 7.03. The number of carbonyl (C=O) groups is 2. The maximum atomic E-state index is 12.0. The summed E-state index contributed by atoms with van der Waals surface area (Å²) in [4.78, 5) is 29.3. The van der Waals surface area contributed by atoms with Crippen LogP contribution in [0.2, 0.25) is 0 Å². The van der Waals surface area contributed by atoms with E-state index in [4.69, 9.17) is 0 Å². The summed E-state index contributed by atoms with van der Waals surface area (Å²) in [5.41, 5.74) is 1.75. The Hall–Kier alpha value is -3.15. The molecule has 1 aromatic heterocycles. The van der Waals surface area contributed by atoms with Gasteiger partial charge in [0.1, 0.15) is 0 Å². The van der Waals surface area contributed by atoms with E-state index in [9.17, 15) is 9.59 Å². The summed E-state index contributed by atoms with van der Waals surface area (Å²) < 4.78 is 0. The van der Waals surface area contributed by atoms with Crippen LogP contribution in [-0.4, -0.2) is 35.9 Å². The van der Waals surface area contributed by atoms with Gasteiger partial charge in [0.2, 0.25) is 5.91 Å². The Balaban J connectivity index is 2.06. The summed E-state index contributed by atoms with van der Waals surface area (Å²) >= 11 is 0. The molecular formula is C17H18N4O2. The van der Waals surface area contributed by atoms with E-state index in [2.05, 4.69) is 15.6 Å². The molecule has 0 fully saturated rings. The first-order valence-corrected chi connectivity index (χ1v) is 7.03. The Labute approximate surface area is 134 Å². The highest BCUT2D eigenvalue weighted by Crippen LogP contribution is 2.21. The van der Waals surface area contributed by atoms with Crippen LogP contribution < -0.4 is 10.6 Å².